The first-order valence-electron chi connectivity index (χ1n) is 6.25. The van der Waals surface area contributed by atoms with Crippen LogP contribution < -0.4 is 5.32 Å². The maximum absolute atomic E-state index is 13.2. The van der Waals surface area contributed by atoms with Crippen LogP contribution in [-0.4, -0.2) is 27.3 Å². The third kappa shape index (κ3) is 2.54. The van der Waals surface area contributed by atoms with Gasteiger partial charge in [-0.25, -0.2) is 4.39 Å². The second kappa shape index (κ2) is 5.26. The SMILES string of the molecule is CNC(Cc1nnn(C)n1)c1cc2ccc(F)cc2s1. The molecule has 7 heteroatoms. The summed E-state index contributed by atoms with van der Waals surface area (Å²) in [5, 5.41) is 16.3. The van der Waals surface area contributed by atoms with Crippen molar-refractivity contribution in [3.63, 3.8) is 0 Å². The lowest BCUT2D eigenvalue weighted by molar-refractivity contribution is 0.578. The summed E-state index contributed by atoms with van der Waals surface area (Å²) in [5.74, 6) is 0.484. The molecule has 0 aliphatic heterocycles. The van der Waals surface area contributed by atoms with Crippen molar-refractivity contribution in [3.05, 3.63) is 40.8 Å². The van der Waals surface area contributed by atoms with Crippen molar-refractivity contribution in [2.24, 2.45) is 7.05 Å². The summed E-state index contributed by atoms with van der Waals surface area (Å²) in [6, 6.07) is 7.03. The van der Waals surface area contributed by atoms with Gasteiger partial charge < -0.3 is 5.32 Å². The predicted octanol–water partition coefficient (Wildman–Crippen LogP) is 2.07. The van der Waals surface area contributed by atoms with E-state index in [4.69, 9.17) is 0 Å². The Morgan fingerprint density at radius 1 is 1.40 bits per heavy atom. The normalized spacial score (nSPS) is 12.9. The molecule has 1 N–H and O–H groups in total. The highest BCUT2D eigenvalue weighted by Gasteiger charge is 2.16. The van der Waals surface area contributed by atoms with Gasteiger partial charge in [0, 0.05) is 22.0 Å². The molecule has 20 heavy (non-hydrogen) atoms. The van der Waals surface area contributed by atoms with E-state index < -0.39 is 0 Å². The fraction of sp³-hybridized carbons (Fsp3) is 0.308. The van der Waals surface area contributed by atoms with Crippen LogP contribution in [-0.2, 0) is 13.5 Å². The molecule has 5 nitrogen and oxygen atoms in total. The summed E-state index contributed by atoms with van der Waals surface area (Å²) in [6.45, 7) is 0. The minimum absolute atomic E-state index is 0.0969. The van der Waals surface area contributed by atoms with E-state index >= 15 is 0 Å². The molecule has 0 saturated heterocycles. The van der Waals surface area contributed by atoms with E-state index in [-0.39, 0.29) is 11.9 Å². The number of rotatable bonds is 4. The number of tetrazole rings is 1. The quantitative estimate of drug-likeness (QED) is 0.799. The summed E-state index contributed by atoms with van der Waals surface area (Å²) in [4.78, 5) is 2.59. The Bertz CT molecular complexity index is 735. The molecule has 0 spiro atoms. The number of hydrogen-bond acceptors (Lipinski definition) is 5. The Morgan fingerprint density at radius 2 is 2.25 bits per heavy atom. The highest BCUT2D eigenvalue weighted by Crippen LogP contribution is 2.31. The highest BCUT2D eigenvalue weighted by atomic mass is 32.1. The number of nitrogens with one attached hydrogen (secondary N) is 1. The molecule has 0 radical (unpaired) electrons. The van der Waals surface area contributed by atoms with Crippen molar-refractivity contribution >= 4 is 21.4 Å². The Kier molecular flexibility index (Phi) is 3.45. The van der Waals surface area contributed by atoms with Gasteiger partial charge in [0.05, 0.1) is 7.05 Å². The van der Waals surface area contributed by atoms with Gasteiger partial charge in [-0.1, -0.05) is 6.07 Å². The number of nitrogens with zero attached hydrogens (tertiary/aromatic N) is 4. The average Bonchev–Trinajstić information content (AvgIpc) is 3.01. The monoisotopic (exact) mass is 291 g/mol. The maximum atomic E-state index is 13.2. The molecule has 3 rings (SSSR count). The molecule has 1 unspecified atom stereocenters. The van der Waals surface area contributed by atoms with Crippen molar-refractivity contribution in [2.75, 3.05) is 7.05 Å². The van der Waals surface area contributed by atoms with Crippen molar-refractivity contribution in [1.29, 1.82) is 0 Å². The molecule has 104 valence electrons. The highest BCUT2D eigenvalue weighted by molar-refractivity contribution is 7.19. The lowest BCUT2D eigenvalue weighted by Gasteiger charge is -2.11. The first-order valence-corrected chi connectivity index (χ1v) is 7.06. The molecule has 0 aliphatic carbocycles. The molecule has 0 fully saturated rings. The molecule has 0 amide bonds. The second-order valence-electron chi connectivity index (χ2n) is 4.57. The van der Waals surface area contributed by atoms with Crippen molar-refractivity contribution < 1.29 is 4.39 Å². The number of thiophene rings is 1. The van der Waals surface area contributed by atoms with Gasteiger partial charge in [-0.3, -0.25) is 0 Å². The molecule has 2 heterocycles. The smallest absolute Gasteiger partial charge is 0.176 e. The van der Waals surface area contributed by atoms with Gasteiger partial charge in [-0.2, -0.15) is 4.80 Å². The van der Waals surface area contributed by atoms with Gasteiger partial charge in [0.15, 0.2) is 5.82 Å². The zero-order chi connectivity index (χ0) is 14.1. The first-order chi connectivity index (χ1) is 9.65. The number of aryl methyl sites for hydroxylation is 1. The minimum atomic E-state index is -0.206. The van der Waals surface area contributed by atoms with E-state index in [2.05, 4.69) is 26.8 Å². The molecule has 2 aromatic heterocycles. The largest absolute Gasteiger partial charge is 0.312 e. The van der Waals surface area contributed by atoms with E-state index in [0.29, 0.717) is 12.2 Å². The van der Waals surface area contributed by atoms with E-state index in [1.807, 2.05) is 7.05 Å². The maximum Gasteiger partial charge on any atom is 0.176 e. The molecular weight excluding hydrogens is 277 g/mol. The number of likely N-dealkylation sites (N-methyl/N-ethyl adjacent to an activating group) is 1. The summed E-state index contributed by atoms with van der Waals surface area (Å²) in [6.07, 6.45) is 0.652. The van der Waals surface area contributed by atoms with Crippen molar-refractivity contribution in [2.45, 2.75) is 12.5 Å². The predicted molar refractivity (Wildman–Crippen MR) is 76.1 cm³/mol. The molecule has 0 bridgehead atoms. The van der Waals surface area contributed by atoms with Crippen LogP contribution in [0.15, 0.2) is 24.3 Å². The summed E-state index contributed by atoms with van der Waals surface area (Å²) in [5.41, 5.74) is 0. The molecular formula is C13H14FN5S. The fourth-order valence-electron chi connectivity index (χ4n) is 2.13. The van der Waals surface area contributed by atoms with E-state index in [0.717, 1.165) is 15.0 Å². The summed E-state index contributed by atoms with van der Waals surface area (Å²) >= 11 is 1.58. The van der Waals surface area contributed by atoms with Gasteiger partial charge in [0.1, 0.15) is 5.82 Å². The van der Waals surface area contributed by atoms with Gasteiger partial charge in [0.25, 0.3) is 0 Å². The van der Waals surface area contributed by atoms with Crippen LogP contribution in [0, 0.1) is 5.82 Å². The van der Waals surface area contributed by atoms with Crippen LogP contribution in [0.2, 0.25) is 0 Å². The minimum Gasteiger partial charge on any atom is -0.312 e. The molecule has 1 atom stereocenters. The van der Waals surface area contributed by atoms with Crippen LogP contribution in [0.5, 0.6) is 0 Å². The van der Waals surface area contributed by atoms with Crippen LogP contribution >= 0.6 is 11.3 Å². The van der Waals surface area contributed by atoms with E-state index in [1.165, 1.54) is 10.9 Å². The Hall–Kier alpha value is -1.86. The average molecular weight is 291 g/mol. The third-order valence-corrected chi connectivity index (χ3v) is 4.34. The summed E-state index contributed by atoms with van der Waals surface area (Å²) in [7, 11) is 3.64. The van der Waals surface area contributed by atoms with Gasteiger partial charge in [-0.05, 0) is 35.8 Å². The first kappa shape index (κ1) is 13.1. The number of halogens is 1. The summed E-state index contributed by atoms with van der Waals surface area (Å²) < 4.78 is 14.2. The van der Waals surface area contributed by atoms with Gasteiger partial charge >= 0.3 is 0 Å². The Balaban J connectivity index is 1.90. The number of aromatic nitrogens is 4. The molecule has 0 aliphatic rings. The molecule has 3 aromatic rings. The van der Waals surface area contributed by atoms with Gasteiger partial charge in [-0.15, -0.1) is 21.5 Å². The Labute approximate surface area is 119 Å². The number of fused-ring (bicyclic) bond motifs is 1. The molecule has 1 aromatic carbocycles. The van der Waals surface area contributed by atoms with Crippen LogP contribution in [0.25, 0.3) is 10.1 Å². The standard InChI is InChI=1S/C13H14FN5S/c1-15-10(7-13-16-18-19(2)17-13)12-5-8-3-4-9(14)6-11(8)20-12/h3-6,10,15H,7H2,1-2H3. The van der Waals surface area contributed by atoms with Crippen LogP contribution in [0.3, 0.4) is 0 Å². The lowest BCUT2D eigenvalue weighted by atomic mass is 10.1. The molecule has 0 saturated carbocycles. The van der Waals surface area contributed by atoms with Crippen molar-refractivity contribution in [1.82, 2.24) is 25.5 Å². The van der Waals surface area contributed by atoms with Crippen molar-refractivity contribution in [3.8, 4) is 0 Å². The third-order valence-electron chi connectivity index (χ3n) is 3.13. The zero-order valence-corrected chi connectivity index (χ0v) is 12.0. The van der Waals surface area contributed by atoms with E-state index in [9.17, 15) is 4.39 Å². The van der Waals surface area contributed by atoms with Crippen LogP contribution in [0.4, 0.5) is 4.39 Å². The van der Waals surface area contributed by atoms with Crippen LogP contribution in [0.1, 0.15) is 16.7 Å². The van der Waals surface area contributed by atoms with Gasteiger partial charge in [0.2, 0.25) is 0 Å². The fourth-order valence-corrected chi connectivity index (χ4v) is 3.33. The number of hydrogen-bond donors (Lipinski definition) is 1. The van der Waals surface area contributed by atoms with E-state index in [1.54, 1.807) is 30.5 Å². The topological polar surface area (TPSA) is 55.6 Å². The second-order valence-corrected chi connectivity index (χ2v) is 5.69. The zero-order valence-electron chi connectivity index (χ0n) is 11.2. The Morgan fingerprint density at radius 3 is 2.95 bits per heavy atom. The number of benzene rings is 1. The lowest BCUT2D eigenvalue weighted by Crippen LogP contribution is -2.18.